The Balaban J connectivity index is 1.35. The molecule has 0 unspecified atom stereocenters. The molecule has 0 spiro atoms. The third-order valence-corrected chi connectivity index (χ3v) is 5.74. The zero-order valence-corrected chi connectivity index (χ0v) is 18.8. The Labute approximate surface area is 192 Å². The molecule has 2 heterocycles. The monoisotopic (exact) mass is 448 g/mol. The van der Waals surface area contributed by atoms with Crippen molar-refractivity contribution in [3.8, 4) is 11.5 Å². The van der Waals surface area contributed by atoms with Crippen molar-refractivity contribution in [1.29, 1.82) is 0 Å². The third-order valence-electron chi connectivity index (χ3n) is 5.74. The van der Waals surface area contributed by atoms with Crippen LogP contribution in [0.15, 0.2) is 59.0 Å². The maximum Gasteiger partial charge on any atom is 0.313 e. The lowest BCUT2D eigenvalue weighted by molar-refractivity contribution is -0.136. The smallest absolute Gasteiger partial charge is 0.313 e. The molecule has 2 N–H and O–H groups in total. The summed E-state index contributed by atoms with van der Waals surface area (Å²) in [7, 11) is 2.11. The standard InChI is InChI=1S/C24H28N6O3/c1-17-27-28-24(33-17)19-8-10-20(11-9-19)26-23(32)22(31)25-16-21(18-6-4-3-5-7-18)30-14-12-29(2)13-15-30/h3-11,21H,12-16H2,1-2H3,(H,25,31)(H,26,32)/t21-/m1/s1. The number of benzene rings is 2. The van der Waals surface area contributed by atoms with Gasteiger partial charge in [0.1, 0.15) is 0 Å². The Morgan fingerprint density at radius 2 is 1.67 bits per heavy atom. The Bertz CT molecular complexity index is 1080. The number of amides is 2. The minimum Gasteiger partial charge on any atom is -0.421 e. The first kappa shape index (κ1) is 22.6. The van der Waals surface area contributed by atoms with Gasteiger partial charge in [-0.15, -0.1) is 10.2 Å². The van der Waals surface area contributed by atoms with Crippen molar-refractivity contribution in [2.24, 2.45) is 0 Å². The van der Waals surface area contributed by atoms with Crippen molar-refractivity contribution in [3.63, 3.8) is 0 Å². The van der Waals surface area contributed by atoms with Crippen molar-refractivity contribution in [2.45, 2.75) is 13.0 Å². The summed E-state index contributed by atoms with van der Waals surface area (Å²) in [6.45, 7) is 5.83. The molecule has 1 aromatic heterocycles. The SMILES string of the molecule is Cc1nnc(-c2ccc(NC(=O)C(=O)NC[C@H](c3ccccc3)N3CCN(C)CC3)cc2)o1. The van der Waals surface area contributed by atoms with Crippen LogP contribution in [0, 0.1) is 6.92 Å². The first-order chi connectivity index (χ1) is 16.0. The van der Waals surface area contributed by atoms with Crippen LogP contribution in [0.1, 0.15) is 17.5 Å². The van der Waals surface area contributed by atoms with Crippen LogP contribution in [-0.4, -0.2) is 71.6 Å². The van der Waals surface area contributed by atoms with Crippen molar-refractivity contribution in [3.05, 3.63) is 66.1 Å². The molecule has 3 aromatic rings. The van der Waals surface area contributed by atoms with Crippen LogP contribution in [0.4, 0.5) is 5.69 Å². The van der Waals surface area contributed by atoms with Gasteiger partial charge in [0.15, 0.2) is 0 Å². The molecule has 0 bridgehead atoms. The molecule has 172 valence electrons. The molecule has 0 radical (unpaired) electrons. The highest BCUT2D eigenvalue weighted by atomic mass is 16.4. The lowest BCUT2D eigenvalue weighted by Gasteiger charge is -2.38. The van der Waals surface area contributed by atoms with Gasteiger partial charge in [0.2, 0.25) is 11.8 Å². The summed E-state index contributed by atoms with van der Waals surface area (Å²) in [6.07, 6.45) is 0. The molecule has 1 atom stereocenters. The highest BCUT2D eigenvalue weighted by molar-refractivity contribution is 6.39. The minimum atomic E-state index is -0.707. The number of nitrogens with one attached hydrogen (secondary N) is 2. The third kappa shape index (κ3) is 5.82. The molecule has 1 aliphatic heterocycles. The van der Waals surface area contributed by atoms with E-state index in [-0.39, 0.29) is 6.04 Å². The number of hydrogen-bond acceptors (Lipinski definition) is 7. The highest BCUT2D eigenvalue weighted by Gasteiger charge is 2.25. The molecule has 1 saturated heterocycles. The number of aromatic nitrogens is 2. The number of hydrogen-bond donors (Lipinski definition) is 2. The predicted octanol–water partition coefficient (Wildman–Crippen LogP) is 2.09. The zero-order valence-electron chi connectivity index (χ0n) is 18.8. The second-order valence-corrected chi connectivity index (χ2v) is 8.13. The topological polar surface area (TPSA) is 104 Å². The fourth-order valence-corrected chi connectivity index (χ4v) is 3.83. The zero-order chi connectivity index (χ0) is 23.2. The Morgan fingerprint density at radius 1 is 0.970 bits per heavy atom. The molecule has 0 saturated carbocycles. The van der Waals surface area contributed by atoms with Gasteiger partial charge in [-0.1, -0.05) is 30.3 Å². The van der Waals surface area contributed by atoms with Crippen LogP contribution in [0.3, 0.4) is 0 Å². The minimum absolute atomic E-state index is 0.00814. The Morgan fingerprint density at radius 3 is 2.30 bits per heavy atom. The molecular weight excluding hydrogens is 420 g/mol. The van der Waals surface area contributed by atoms with Gasteiger partial charge in [-0.25, -0.2) is 0 Å². The number of carbonyl (C=O) groups is 2. The first-order valence-corrected chi connectivity index (χ1v) is 11.0. The summed E-state index contributed by atoms with van der Waals surface area (Å²) in [4.78, 5) is 29.6. The average molecular weight is 449 g/mol. The van der Waals surface area contributed by atoms with Crippen molar-refractivity contribution < 1.29 is 14.0 Å². The molecular formula is C24H28N6O3. The van der Waals surface area contributed by atoms with E-state index in [9.17, 15) is 9.59 Å². The second kappa shape index (κ2) is 10.4. The van der Waals surface area contributed by atoms with E-state index in [1.165, 1.54) is 0 Å². The van der Waals surface area contributed by atoms with E-state index < -0.39 is 11.8 Å². The summed E-state index contributed by atoms with van der Waals surface area (Å²) >= 11 is 0. The van der Waals surface area contributed by atoms with Crippen molar-refractivity contribution in [1.82, 2.24) is 25.3 Å². The van der Waals surface area contributed by atoms with E-state index in [1.54, 1.807) is 31.2 Å². The van der Waals surface area contributed by atoms with Gasteiger partial charge in [0.05, 0.1) is 6.04 Å². The maximum absolute atomic E-state index is 12.5. The van der Waals surface area contributed by atoms with Gasteiger partial charge in [0.25, 0.3) is 0 Å². The fraction of sp³-hybridized carbons (Fsp3) is 0.333. The normalized spacial score (nSPS) is 15.7. The molecule has 0 aliphatic carbocycles. The van der Waals surface area contributed by atoms with Crippen molar-refractivity contribution in [2.75, 3.05) is 45.1 Å². The quantitative estimate of drug-likeness (QED) is 0.557. The first-order valence-electron chi connectivity index (χ1n) is 11.0. The number of rotatable bonds is 6. The average Bonchev–Trinajstić information content (AvgIpc) is 3.27. The van der Waals surface area contributed by atoms with Gasteiger partial charge < -0.3 is 20.0 Å². The second-order valence-electron chi connectivity index (χ2n) is 8.13. The molecule has 33 heavy (non-hydrogen) atoms. The van der Waals surface area contributed by atoms with E-state index in [0.29, 0.717) is 24.0 Å². The molecule has 1 aliphatic rings. The summed E-state index contributed by atoms with van der Waals surface area (Å²) in [6, 6.07) is 17.0. The predicted molar refractivity (Wildman–Crippen MR) is 124 cm³/mol. The van der Waals surface area contributed by atoms with Gasteiger partial charge in [-0.05, 0) is 36.9 Å². The van der Waals surface area contributed by atoms with Crippen LogP contribution >= 0.6 is 0 Å². The van der Waals surface area contributed by atoms with Crippen LogP contribution in [0.2, 0.25) is 0 Å². The Kier molecular flexibility index (Phi) is 7.11. The van der Waals surface area contributed by atoms with E-state index in [2.05, 4.69) is 49.8 Å². The van der Waals surface area contributed by atoms with Gasteiger partial charge >= 0.3 is 11.8 Å². The lowest BCUT2D eigenvalue weighted by Crippen LogP contribution is -2.49. The van der Waals surface area contributed by atoms with E-state index in [0.717, 1.165) is 37.3 Å². The number of anilines is 1. The molecule has 9 nitrogen and oxygen atoms in total. The van der Waals surface area contributed by atoms with E-state index in [1.807, 2.05) is 18.2 Å². The number of likely N-dealkylation sites (N-methyl/N-ethyl adjacent to an activating group) is 1. The fourth-order valence-electron chi connectivity index (χ4n) is 3.83. The summed E-state index contributed by atoms with van der Waals surface area (Å²) in [5, 5.41) is 13.2. The molecule has 2 aromatic carbocycles. The van der Waals surface area contributed by atoms with Gasteiger partial charge in [-0.2, -0.15) is 0 Å². The number of nitrogens with zero attached hydrogens (tertiary/aromatic N) is 4. The largest absolute Gasteiger partial charge is 0.421 e. The number of piperazine rings is 1. The molecule has 2 amide bonds. The molecule has 1 fully saturated rings. The Hall–Kier alpha value is -3.56. The van der Waals surface area contributed by atoms with E-state index in [4.69, 9.17) is 4.42 Å². The van der Waals surface area contributed by atoms with Crippen LogP contribution in [-0.2, 0) is 9.59 Å². The molecule has 9 heteroatoms. The maximum atomic E-state index is 12.5. The van der Waals surface area contributed by atoms with E-state index >= 15 is 0 Å². The van der Waals surface area contributed by atoms with Crippen LogP contribution in [0.5, 0.6) is 0 Å². The van der Waals surface area contributed by atoms with Gasteiger partial charge in [-0.3, -0.25) is 14.5 Å². The summed E-state index contributed by atoms with van der Waals surface area (Å²) in [5.74, 6) is -0.494. The van der Waals surface area contributed by atoms with Gasteiger partial charge in [0, 0.05) is 50.9 Å². The lowest BCUT2D eigenvalue weighted by atomic mass is 10.0. The summed E-state index contributed by atoms with van der Waals surface area (Å²) in [5.41, 5.74) is 2.36. The van der Waals surface area contributed by atoms with Crippen LogP contribution in [0.25, 0.3) is 11.5 Å². The highest BCUT2D eigenvalue weighted by Crippen LogP contribution is 2.22. The summed E-state index contributed by atoms with van der Waals surface area (Å²) < 4.78 is 5.40. The van der Waals surface area contributed by atoms with Crippen LogP contribution < -0.4 is 10.6 Å². The number of carbonyl (C=O) groups excluding carboxylic acids is 2. The van der Waals surface area contributed by atoms with Crippen molar-refractivity contribution >= 4 is 17.5 Å². The molecule has 4 rings (SSSR count). The number of aryl methyl sites for hydroxylation is 1.